The molecule has 0 spiro atoms. The molecule has 2 amide bonds. The highest BCUT2D eigenvalue weighted by atomic mass is 16.5. The van der Waals surface area contributed by atoms with Gasteiger partial charge in [0.25, 0.3) is 0 Å². The molecule has 7 nitrogen and oxygen atoms in total. The molecule has 2 aliphatic rings. The Morgan fingerprint density at radius 3 is 2.53 bits per heavy atom. The molecule has 0 bridgehead atoms. The largest absolute Gasteiger partial charge is 0.457 e. The summed E-state index contributed by atoms with van der Waals surface area (Å²) in [4.78, 5) is 33.2. The number of pyridine rings is 1. The smallest absolute Gasteiger partial charge is 0.246 e. The Balaban J connectivity index is 1.53. The van der Waals surface area contributed by atoms with Gasteiger partial charge in [-0.1, -0.05) is 37.5 Å². The molecule has 0 radical (unpaired) electrons. The van der Waals surface area contributed by atoms with Crippen LogP contribution in [0.4, 0.5) is 0 Å². The number of nitrogens with one attached hydrogen (secondary N) is 2. The van der Waals surface area contributed by atoms with Crippen LogP contribution in [0.5, 0.6) is 11.5 Å². The molecule has 4 rings (SSSR count). The highest BCUT2D eigenvalue weighted by Crippen LogP contribution is 2.35. The second-order valence-corrected chi connectivity index (χ2v) is 9.42. The first-order valence-corrected chi connectivity index (χ1v) is 12.5. The number of likely N-dealkylation sites (tertiary alicyclic amines) is 1. The van der Waals surface area contributed by atoms with Crippen molar-refractivity contribution in [3.8, 4) is 11.5 Å². The first-order valence-electron chi connectivity index (χ1n) is 12.5. The number of amides is 2. The lowest BCUT2D eigenvalue weighted by molar-refractivity contribution is -0.139. The highest BCUT2D eigenvalue weighted by molar-refractivity contribution is 5.90. The van der Waals surface area contributed by atoms with Crippen molar-refractivity contribution < 1.29 is 14.3 Å². The third kappa shape index (κ3) is 5.76. The molecule has 2 N–H and O–H groups in total. The van der Waals surface area contributed by atoms with E-state index in [9.17, 15) is 9.59 Å². The first-order chi connectivity index (χ1) is 16.6. The number of ether oxygens (including phenoxy) is 1. The Bertz CT molecular complexity index is 961. The van der Waals surface area contributed by atoms with Crippen molar-refractivity contribution in [2.24, 2.45) is 5.92 Å². The maximum absolute atomic E-state index is 13.9. The van der Waals surface area contributed by atoms with Crippen molar-refractivity contribution >= 4 is 11.8 Å². The quantitative estimate of drug-likeness (QED) is 0.611. The number of para-hydroxylation sites is 1. The lowest BCUT2D eigenvalue weighted by Gasteiger charge is -2.35. The van der Waals surface area contributed by atoms with Crippen LogP contribution in [0.25, 0.3) is 0 Å². The zero-order chi connectivity index (χ0) is 23.9. The summed E-state index contributed by atoms with van der Waals surface area (Å²) >= 11 is 0. The molecule has 1 saturated carbocycles. The normalized spacial score (nSPS) is 20.5. The van der Waals surface area contributed by atoms with E-state index in [1.165, 1.54) is 6.42 Å². The molecule has 3 atom stereocenters. The summed E-state index contributed by atoms with van der Waals surface area (Å²) in [7, 11) is 1.76. The first kappa shape index (κ1) is 24.2. The van der Waals surface area contributed by atoms with Gasteiger partial charge in [-0.15, -0.1) is 0 Å². The average Bonchev–Trinajstić information content (AvgIpc) is 3.38. The van der Waals surface area contributed by atoms with Crippen molar-refractivity contribution in [3.63, 3.8) is 0 Å². The number of hydrogen-bond acceptors (Lipinski definition) is 5. The Kier molecular flexibility index (Phi) is 8.16. The van der Waals surface area contributed by atoms with Crippen LogP contribution in [0.15, 0.2) is 48.7 Å². The predicted molar refractivity (Wildman–Crippen MR) is 131 cm³/mol. The molecule has 1 saturated heterocycles. The summed E-state index contributed by atoms with van der Waals surface area (Å²) in [6, 6.07) is 12.5. The summed E-state index contributed by atoms with van der Waals surface area (Å²) in [6.07, 6.45) is 8.87. The summed E-state index contributed by atoms with van der Waals surface area (Å²) in [5.74, 6) is 1.53. The molecular formula is C27H36N4O3. The molecule has 2 fully saturated rings. The molecule has 1 aromatic heterocycles. The van der Waals surface area contributed by atoms with Gasteiger partial charge in [-0.05, 0) is 63.8 Å². The van der Waals surface area contributed by atoms with Crippen molar-refractivity contribution in [2.75, 3.05) is 13.6 Å². The van der Waals surface area contributed by atoms with Gasteiger partial charge in [-0.3, -0.25) is 14.6 Å². The second kappa shape index (κ2) is 11.5. The molecule has 2 aromatic rings. The van der Waals surface area contributed by atoms with Crippen molar-refractivity contribution in [2.45, 2.75) is 70.0 Å². The number of carbonyl (C=O) groups excluding carboxylic acids is 2. The molecular weight excluding hydrogens is 428 g/mol. The van der Waals surface area contributed by atoms with E-state index in [2.05, 4.69) is 15.6 Å². The molecule has 182 valence electrons. The van der Waals surface area contributed by atoms with Gasteiger partial charge >= 0.3 is 0 Å². The summed E-state index contributed by atoms with van der Waals surface area (Å²) < 4.78 is 6.00. The van der Waals surface area contributed by atoms with E-state index in [-0.39, 0.29) is 29.8 Å². The third-order valence-corrected chi connectivity index (χ3v) is 7.12. The van der Waals surface area contributed by atoms with E-state index in [0.717, 1.165) is 50.0 Å². The summed E-state index contributed by atoms with van der Waals surface area (Å²) in [6.45, 7) is 2.49. The number of benzene rings is 1. The Morgan fingerprint density at radius 2 is 1.79 bits per heavy atom. The van der Waals surface area contributed by atoms with Gasteiger partial charge in [0.05, 0.1) is 17.8 Å². The number of nitrogens with zero attached hydrogens (tertiary/aromatic N) is 2. The molecule has 34 heavy (non-hydrogen) atoms. The number of aromatic nitrogens is 1. The van der Waals surface area contributed by atoms with E-state index in [0.29, 0.717) is 12.3 Å². The van der Waals surface area contributed by atoms with Crippen molar-refractivity contribution in [1.29, 1.82) is 0 Å². The van der Waals surface area contributed by atoms with E-state index in [1.54, 1.807) is 13.2 Å². The minimum Gasteiger partial charge on any atom is -0.457 e. The minimum atomic E-state index is -0.493. The number of likely N-dealkylation sites (N-methyl/N-ethyl adjacent to an activating group) is 1. The van der Waals surface area contributed by atoms with Crippen LogP contribution in [0.2, 0.25) is 0 Å². The molecule has 2 unspecified atom stereocenters. The van der Waals surface area contributed by atoms with Gasteiger partial charge in [0.15, 0.2) is 0 Å². The van der Waals surface area contributed by atoms with Gasteiger partial charge in [0.2, 0.25) is 11.8 Å². The fourth-order valence-electron chi connectivity index (χ4n) is 5.07. The minimum absolute atomic E-state index is 0.0160. The Morgan fingerprint density at radius 1 is 1.03 bits per heavy atom. The lowest BCUT2D eigenvalue weighted by atomic mass is 9.83. The lowest BCUT2D eigenvalue weighted by Crippen LogP contribution is -2.55. The van der Waals surface area contributed by atoms with Gasteiger partial charge in [0, 0.05) is 18.8 Å². The van der Waals surface area contributed by atoms with Crippen LogP contribution >= 0.6 is 0 Å². The monoisotopic (exact) mass is 464 g/mol. The van der Waals surface area contributed by atoms with Crippen LogP contribution in [-0.4, -0.2) is 47.4 Å². The maximum atomic E-state index is 13.9. The molecule has 1 aliphatic heterocycles. The fourth-order valence-corrected chi connectivity index (χ4v) is 5.07. The van der Waals surface area contributed by atoms with E-state index in [1.807, 2.05) is 54.3 Å². The zero-order valence-corrected chi connectivity index (χ0v) is 20.2. The van der Waals surface area contributed by atoms with Crippen LogP contribution in [-0.2, 0) is 9.59 Å². The van der Waals surface area contributed by atoms with E-state index < -0.39 is 6.04 Å². The van der Waals surface area contributed by atoms with Gasteiger partial charge in [0.1, 0.15) is 17.5 Å². The van der Waals surface area contributed by atoms with Crippen molar-refractivity contribution in [3.05, 3.63) is 54.4 Å². The topological polar surface area (TPSA) is 83.6 Å². The zero-order valence-electron chi connectivity index (χ0n) is 20.2. The predicted octanol–water partition coefficient (Wildman–Crippen LogP) is 4.21. The van der Waals surface area contributed by atoms with Crippen LogP contribution in [0.3, 0.4) is 0 Å². The van der Waals surface area contributed by atoms with Gasteiger partial charge in [-0.25, -0.2) is 0 Å². The van der Waals surface area contributed by atoms with Gasteiger partial charge in [-0.2, -0.15) is 0 Å². The highest BCUT2D eigenvalue weighted by Gasteiger charge is 2.39. The maximum Gasteiger partial charge on any atom is 0.246 e. The van der Waals surface area contributed by atoms with E-state index in [4.69, 9.17) is 4.74 Å². The number of hydrogen-bond donors (Lipinski definition) is 2. The Labute approximate surface area is 202 Å². The Hall–Kier alpha value is -2.93. The van der Waals surface area contributed by atoms with E-state index >= 15 is 0 Å². The molecule has 7 heteroatoms. The average molecular weight is 465 g/mol. The molecule has 2 heterocycles. The second-order valence-electron chi connectivity index (χ2n) is 9.42. The number of carbonyl (C=O) groups is 2. The molecule has 1 aliphatic carbocycles. The SMILES string of the molecule is CNC(C)C(=O)NC(C(=O)N1CCC[C@H]1c1cc(Oc2ccccc2)ccn1)C1CCCCC1. The molecule has 1 aromatic carbocycles. The fraction of sp³-hybridized carbons (Fsp3) is 0.519. The standard InChI is InChI=1S/C27H36N4O3/c1-19(28-2)26(32)30-25(20-10-5-3-6-11-20)27(33)31-17-9-14-24(31)23-18-22(15-16-29-23)34-21-12-7-4-8-13-21/h4,7-8,12-13,15-16,18-20,24-25,28H,3,5-6,9-11,14,17H2,1-2H3,(H,30,32)/t19?,24-,25?/m0/s1. The number of rotatable bonds is 8. The van der Waals surface area contributed by atoms with Gasteiger partial charge < -0.3 is 20.3 Å². The van der Waals surface area contributed by atoms with Crippen LogP contribution < -0.4 is 15.4 Å². The summed E-state index contributed by atoms with van der Waals surface area (Å²) in [5, 5.41) is 6.07. The van der Waals surface area contributed by atoms with Crippen LogP contribution in [0.1, 0.15) is 63.6 Å². The third-order valence-electron chi connectivity index (χ3n) is 7.12. The summed E-state index contributed by atoms with van der Waals surface area (Å²) in [5.41, 5.74) is 0.830. The van der Waals surface area contributed by atoms with Crippen molar-refractivity contribution in [1.82, 2.24) is 20.5 Å². The van der Waals surface area contributed by atoms with Crippen LogP contribution in [0, 0.1) is 5.92 Å².